The second-order valence-electron chi connectivity index (χ2n) is 14.0. The second kappa shape index (κ2) is 13.3. The SMILES string of the molecule is c1ccc(-c2nc(-c3ccccc3)nc(-c3ccc4c(c3)oc3cc(-c5cc(-c6ccccc6-c6ccccc6)c6sc7ccccc7c6c5)ccc34)n2)cc1. The van der Waals surface area contributed by atoms with Crippen LogP contribution in [-0.4, -0.2) is 15.0 Å². The lowest BCUT2D eigenvalue weighted by atomic mass is 9.91. The number of hydrogen-bond acceptors (Lipinski definition) is 5. The molecule has 0 unspecified atom stereocenters. The van der Waals surface area contributed by atoms with E-state index in [1.807, 2.05) is 72.0 Å². The lowest BCUT2D eigenvalue weighted by molar-refractivity contribution is 0.669. The summed E-state index contributed by atoms with van der Waals surface area (Å²) in [6, 6.07) is 65.8. The molecule has 8 aromatic carbocycles. The summed E-state index contributed by atoms with van der Waals surface area (Å²) in [6.07, 6.45) is 0. The molecule has 0 bridgehead atoms. The van der Waals surface area contributed by atoms with E-state index in [9.17, 15) is 0 Å². The zero-order chi connectivity index (χ0) is 37.0. The van der Waals surface area contributed by atoms with Crippen molar-refractivity contribution < 1.29 is 4.42 Å². The van der Waals surface area contributed by atoms with Crippen molar-refractivity contribution in [3.8, 4) is 67.5 Å². The second-order valence-corrected chi connectivity index (χ2v) is 15.0. The first-order chi connectivity index (χ1) is 27.7. The Morgan fingerprint density at radius 1 is 0.321 bits per heavy atom. The van der Waals surface area contributed by atoms with Crippen molar-refractivity contribution in [1.29, 1.82) is 0 Å². The lowest BCUT2D eigenvalue weighted by Gasteiger charge is -2.13. The number of thiophene rings is 1. The van der Waals surface area contributed by atoms with Crippen molar-refractivity contribution in [2.24, 2.45) is 0 Å². The van der Waals surface area contributed by atoms with Crippen LogP contribution in [0.25, 0.3) is 110 Å². The predicted molar refractivity (Wildman–Crippen MR) is 233 cm³/mol. The Labute approximate surface area is 327 Å². The summed E-state index contributed by atoms with van der Waals surface area (Å²) < 4.78 is 9.25. The van der Waals surface area contributed by atoms with E-state index in [0.29, 0.717) is 17.5 Å². The molecule has 0 fully saturated rings. The molecule has 11 aromatic rings. The minimum absolute atomic E-state index is 0.598. The summed E-state index contributed by atoms with van der Waals surface area (Å²) in [6.45, 7) is 0. The van der Waals surface area contributed by atoms with Gasteiger partial charge in [0.2, 0.25) is 0 Å². The summed E-state index contributed by atoms with van der Waals surface area (Å²) in [7, 11) is 0. The van der Waals surface area contributed by atoms with Gasteiger partial charge in [0.1, 0.15) is 11.2 Å². The Morgan fingerprint density at radius 2 is 0.839 bits per heavy atom. The van der Waals surface area contributed by atoms with E-state index in [2.05, 4.69) is 127 Å². The van der Waals surface area contributed by atoms with Gasteiger partial charge in [-0.05, 0) is 70.3 Å². The minimum atomic E-state index is 0.598. The van der Waals surface area contributed by atoms with E-state index in [-0.39, 0.29) is 0 Å². The van der Waals surface area contributed by atoms with Gasteiger partial charge in [0.05, 0.1) is 0 Å². The van der Waals surface area contributed by atoms with Gasteiger partial charge in [-0.3, -0.25) is 0 Å². The van der Waals surface area contributed by atoms with Gasteiger partial charge >= 0.3 is 0 Å². The Hall–Kier alpha value is -7.21. The molecule has 0 aliphatic rings. The van der Waals surface area contributed by atoms with Crippen molar-refractivity contribution in [3.63, 3.8) is 0 Å². The molecule has 0 atom stereocenters. The van der Waals surface area contributed by atoms with Crippen LogP contribution in [0, 0.1) is 0 Å². The van der Waals surface area contributed by atoms with Gasteiger partial charge in [0.15, 0.2) is 17.5 Å². The van der Waals surface area contributed by atoms with Crippen molar-refractivity contribution in [3.05, 3.63) is 188 Å². The molecule has 5 heteroatoms. The highest BCUT2D eigenvalue weighted by atomic mass is 32.1. The molecule has 0 saturated carbocycles. The van der Waals surface area contributed by atoms with E-state index in [1.165, 1.54) is 42.4 Å². The third-order valence-corrected chi connectivity index (χ3v) is 11.8. The zero-order valence-corrected chi connectivity index (χ0v) is 30.9. The van der Waals surface area contributed by atoms with Gasteiger partial charge in [0, 0.05) is 53.2 Å². The fourth-order valence-electron chi connectivity index (χ4n) is 7.81. The molecule has 0 saturated heterocycles. The monoisotopic (exact) mass is 733 g/mol. The van der Waals surface area contributed by atoms with Crippen LogP contribution in [0.4, 0.5) is 0 Å². The number of hydrogen-bond donors (Lipinski definition) is 0. The Balaban J connectivity index is 1.05. The number of benzene rings is 8. The molecule has 0 amide bonds. The van der Waals surface area contributed by atoms with E-state index in [4.69, 9.17) is 19.4 Å². The fourth-order valence-corrected chi connectivity index (χ4v) is 9.03. The summed E-state index contributed by atoms with van der Waals surface area (Å²) in [5.41, 5.74) is 11.5. The van der Waals surface area contributed by atoms with Gasteiger partial charge in [-0.2, -0.15) is 0 Å². The van der Waals surface area contributed by atoms with Crippen LogP contribution < -0.4 is 0 Å². The van der Waals surface area contributed by atoms with Crippen LogP contribution >= 0.6 is 11.3 Å². The first-order valence-electron chi connectivity index (χ1n) is 18.7. The summed E-state index contributed by atoms with van der Waals surface area (Å²) in [4.78, 5) is 14.8. The van der Waals surface area contributed by atoms with Crippen LogP contribution in [0.1, 0.15) is 0 Å². The number of furan rings is 1. The molecule has 3 heterocycles. The van der Waals surface area contributed by atoms with Crippen LogP contribution in [-0.2, 0) is 0 Å². The maximum Gasteiger partial charge on any atom is 0.164 e. The molecule has 0 aliphatic carbocycles. The highest BCUT2D eigenvalue weighted by Crippen LogP contribution is 2.45. The molecule has 0 radical (unpaired) electrons. The van der Waals surface area contributed by atoms with Gasteiger partial charge in [-0.1, -0.05) is 146 Å². The first kappa shape index (κ1) is 32.2. The average Bonchev–Trinajstić information content (AvgIpc) is 3.84. The highest BCUT2D eigenvalue weighted by molar-refractivity contribution is 7.26. The summed E-state index contributed by atoms with van der Waals surface area (Å²) in [5, 5.41) is 4.65. The molecule has 3 aromatic heterocycles. The Morgan fingerprint density at radius 3 is 1.50 bits per heavy atom. The number of fused-ring (bicyclic) bond motifs is 6. The lowest BCUT2D eigenvalue weighted by Crippen LogP contribution is -2.00. The summed E-state index contributed by atoms with van der Waals surface area (Å²) >= 11 is 1.86. The first-order valence-corrected chi connectivity index (χ1v) is 19.5. The fraction of sp³-hybridized carbons (Fsp3) is 0. The van der Waals surface area contributed by atoms with Gasteiger partial charge in [-0.15, -0.1) is 11.3 Å². The molecule has 0 aliphatic heterocycles. The number of rotatable bonds is 6. The third-order valence-electron chi connectivity index (χ3n) is 10.5. The van der Waals surface area contributed by atoms with E-state index >= 15 is 0 Å². The molecule has 11 rings (SSSR count). The van der Waals surface area contributed by atoms with E-state index < -0.39 is 0 Å². The van der Waals surface area contributed by atoms with Crippen LogP contribution in [0.3, 0.4) is 0 Å². The molecular weight excluding hydrogens is 703 g/mol. The molecule has 0 spiro atoms. The van der Waals surface area contributed by atoms with Crippen molar-refractivity contribution in [2.45, 2.75) is 0 Å². The zero-order valence-electron chi connectivity index (χ0n) is 30.1. The standard InChI is InChI=1S/C51H31N3OS/c1-4-14-32(15-5-1)38-20-10-11-21-39(38)43-28-37(29-44-42-22-12-13-23-47(42)56-48(43)44)35-24-26-40-41-27-25-36(31-46(41)55-45(40)30-35)51-53-49(33-16-6-2-7-17-33)52-50(54-51)34-18-8-3-9-19-34/h1-31H. The molecule has 4 nitrogen and oxygen atoms in total. The Bertz CT molecular complexity index is 3180. The van der Waals surface area contributed by atoms with Crippen LogP contribution in [0.15, 0.2) is 192 Å². The molecule has 56 heavy (non-hydrogen) atoms. The molecule has 262 valence electrons. The normalized spacial score (nSPS) is 11.6. The van der Waals surface area contributed by atoms with Crippen LogP contribution in [0.2, 0.25) is 0 Å². The van der Waals surface area contributed by atoms with E-state index in [1.54, 1.807) is 0 Å². The minimum Gasteiger partial charge on any atom is -0.456 e. The van der Waals surface area contributed by atoms with Crippen molar-refractivity contribution in [1.82, 2.24) is 15.0 Å². The average molecular weight is 734 g/mol. The largest absolute Gasteiger partial charge is 0.456 e. The molecular formula is C51H31N3OS. The maximum atomic E-state index is 6.67. The van der Waals surface area contributed by atoms with Gasteiger partial charge < -0.3 is 4.42 Å². The van der Waals surface area contributed by atoms with E-state index in [0.717, 1.165) is 49.8 Å². The van der Waals surface area contributed by atoms with Gasteiger partial charge in [0.25, 0.3) is 0 Å². The van der Waals surface area contributed by atoms with Crippen molar-refractivity contribution >= 4 is 53.4 Å². The topological polar surface area (TPSA) is 51.8 Å². The smallest absolute Gasteiger partial charge is 0.164 e. The number of nitrogens with zero attached hydrogens (tertiary/aromatic N) is 3. The van der Waals surface area contributed by atoms with Crippen LogP contribution in [0.5, 0.6) is 0 Å². The highest BCUT2D eigenvalue weighted by Gasteiger charge is 2.18. The third kappa shape index (κ3) is 5.56. The predicted octanol–water partition coefficient (Wildman–Crippen LogP) is 14.1. The quantitative estimate of drug-likeness (QED) is 0.171. The summed E-state index contributed by atoms with van der Waals surface area (Å²) in [5.74, 6) is 1.86. The Kier molecular flexibility index (Phi) is 7.64. The molecule has 0 N–H and O–H groups in total. The maximum absolute atomic E-state index is 6.67. The van der Waals surface area contributed by atoms with Gasteiger partial charge in [-0.25, -0.2) is 15.0 Å². The van der Waals surface area contributed by atoms with Crippen molar-refractivity contribution in [2.75, 3.05) is 0 Å². The number of aromatic nitrogens is 3.